The maximum Gasteiger partial charge on any atom is 0.314 e. The third kappa shape index (κ3) is 3.10. The van der Waals surface area contributed by atoms with E-state index in [0.29, 0.717) is 6.04 Å². The van der Waals surface area contributed by atoms with Gasteiger partial charge in [-0.3, -0.25) is 4.90 Å². The Balaban J connectivity index is 1.76. The van der Waals surface area contributed by atoms with Crippen molar-refractivity contribution in [2.24, 2.45) is 5.73 Å². The molecule has 17 heavy (non-hydrogen) atoms. The van der Waals surface area contributed by atoms with E-state index in [9.17, 15) is 4.79 Å². The fourth-order valence-corrected chi connectivity index (χ4v) is 2.90. The Hall–Kier alpha value is -0.810. The third-order valence-corrected chi connectivity index (χ3v) is 4.15. The Morgan fingerprint density at radius 2 is 1.71 bits per heavy atom. The van der Waals surface area contributed by atoms with E-state index < -0.39 is 0 Å². The third-order valence-electron chi connectivity index (χ3n) is 4.15. The number of urea groups is 1. The number of hydrogen-bond donors (Lipinski definition) is 1. The van der Waals surface area contributed by atoms with Gasteiger partial charge in [-0.25, -0.2) is 4.79 Å². The molecular weight excluding hydrogens is 216 g/mol. The number of rotatable bonds is 2. The van der Waals surface area contributed by atoms with Gasteiger partial charge in [-0.05, 0) is 19.4 Å². The maximum absolute atomic E-state index is 11.0. The predicted octanol–water partition coefficient (Wildman–Crippen LogP) is 0.167. The molecule has 0 aromatic rings. The molecule has 0 aromatic heterocycles. The Bertz CT molecular complexity index is 255. The SMILES string of the molecule is CCN1CCN(C2CCN(C(N)=O)CC2)CC1. The van der Waals surface area contributed by atoms with E-state index in [0.717, 1.165) is 32.5 Å². The van der Waals surface area contributed by atoms with Gasteiger partial charge in [0.1, 0.15) is 0 Å². The molecule has 0 bridgehead atoms. The average molecular weight is 240 g/mol. The van der Waals surface area contributed by atoms with Crippen molar-refractivity contribution in [2.75, 3.05) is 45.8 Å². The average Bonchev–Trinajstić information content (AvgIpc) is 2.39. The highest BCUT2D eigenvalue weighted by Gasteiger charge is 2.27. The second kappa shape index (κ2) is 5.69. The topological polar surface area (TPSA) is 52.8 Å². The predicted molar refractivity (Wildman–Crippen MR) is 67.9 cm³/mol. The van der Waals surface area contributed by atoms with Crippen molar-refractivity contribution in [2.45, 2.75) is 25.8 Å². The molecule has 0 unspecified atom stereocenters. The molecule has 2 amide bonds. The van der Waals surface area contributed by atoms with E-state index in [1.807, 2.05) is 0 Å². The summed E-state index contributed by atoms with van der Waals surface area (Å²) in [5, 5.41) is 0. The molecule has 5 heteroatoms. The van der Waals surface area contributed by atoms with Crippen molar-refractivity contribution in [3.05, 3.63) is 0 Å². The summed E-state index contributed by atoms with van der Waals surface area (Å²) in [5.41, 5.74) is 5.29. The van der Waals surface area contributed by atoms with E-state index in [1.165, 1.54) is 26.2 Å². The highest BCUT2D eigenvalue weighted by Crippen LogP contribution is 2.17. The first-order valence-electron chi connectivity index (χ1n) is 6.71. The van der Waals surface area contributed by atoms with Crippen molar-refractivity contribution >= 4 is 6.03 Å². The number of likely N-dealkylation sites (N-methyl/N-ethyl adjacent to an activating group) is 1. The van der Waals surface area contributed by atoms with Crippen molar-refractivity contribution in [1.82, 2.24) is 14.7 Å². The standard InChI is InChI=1S/C12H24N4O/c1-2-14-7-9-15(10-8-14)11-3-5-16(6-4-11)12(13)17/h11H,2-10H2,1H3,(H2,13,17). The number of likely N-dealkylation sites (tertiary alicyclic amines) is 1. The van der Waals surface area contributed by atoms with Gasteiger partial charge in [-0.15, -0.1) is 0 Å². The smallest absolute Gasteiger partial charge is 0.314 e. The number of hydrogen-bond acceptors (Lipinski definition) is 3. The minimum absolute atomic E-state index is 0.265. The molecule has 0 aliphatic carbocycles. The lowest BCUT2D eigenvalue weighted by atomic mass is 10.0. The number of carbonyl (C=O) groups is 1. The molecule has 0 spiro atoms. The van der Waals surface area contributed by atoms with Crippen LogP contribution in [0.3, 0.4) is 0 Å². The van der Waals surface area contributed by atoms with Crippen LogP contribution < -0.4 is 5.73 Å². The molecule has 0 aromatic carbocycles. The lowest BCUT2D eigenvalue weighted by Gasteiger charge is -2.42. The largest absolute Gasteiger partial charge is 0.351 e. The summed E-state index contributed by atoms with van der Waals surface area (Å²) in [6.45, 7) is 9.76. The van der Waals surface area contributed by atoms with Crippen LogP contribution in [0.15, 0.2) is 0 Å². The molecule has 2 saturated heterocycles. The summed E-state index contributed by atoms with van der Waals surface area (Å²) in [6, 6.07) is 0.392. The summed E-state index contributed by atoms with van der Waals surface area (Å²) < 4.78 is 0. The van der Waals surface area contributed by atoms with Crippen LogP contribution in [-0.4, -0.2) is 72.6 Å². The van der Waals surface area contributed by atoms with Gasteiger partial charge in [0.15, 0.2) is 0 Å². The summed E-state index contributed by atoms with van der Waals surface area (Å²) >= 11 is 0. The molecule has 2 rings (SSSR count). The zero-order chi connectivity index (χ0) is 12.3. The quantitative estimate of drug-likeness (QED) is 0.748. The van der Waals surface area contributed by atoms with Gasteiger partial charge >= 0.3 is 6.03 Å². The van der Waals surface area contributed by atoms with Crippen LogP contribution in [0.25, 0.3) is 0 Å². The minimum Gasteiger partial charge on any atom is -0.351 e. The van der Waals surface area contributed by atoms with Gasteiger partial charge in [0.25, 0.3) is 0 Å². The first-order valence-corrected chi connectivity index (χ1v) is 6.71. The van der Waals surface area contributed by atoms with Gasteiger partial charge in [-0.1, -0.05) is 6.92 Å². The number of carbonyl (C=O) groups excluding carboxylic acids is 1. The molecule has 2 fully saturated rings. The first kappa shape index (κ1) is 12.6. The zero-order valence-electron chi connectivity index (χ0n) is 10.8. The van der Waals surface area contributed by atoms with E-state index in [4.69, 9.17) is 5.73 Å². The number of nitrogens with two attached hydrogens (primary N) is 1. The molecular formula is C12H24N4O. The van der Waals surface area contributed by atoms with Gasteiger partial charge in [-0.2, -0.15) is 0 Å². The lowest BCUT2D eigenvalue weighted by Crippen LogP contribution is -2.54. The number of piperazine rings is 1. The minimum atomic E-state index is -0.265. The van der Waals surface area contributed by atoms with Crippen LogP contribution in [0.4, 0.5) is 4.79 Å². The van der Waals surface area contributed by atoms with Gasteiger partial charge < -0.3 is 15.5 Å². The van der Waals surface area contributed by atoms with Crippen LogP contribution in [-0.2, 0) is 0 Å². The second-order valence-electron chi connectivity index (χ2n) is 5.03. The normalized spacial score (nSPS) is 25.1. The van der Waals surface area contributed by atoms with Crippen molar-refractivity contribution in [3.63, 3.8) is 0 Å². The number of primary amides is 1. The number of nitrogens with zero attached hydrogens (tertiary/aromatic N) is 3. The first-order chi connectivity index (χ1) is 8.20. The van der Waals surface area contributed by atoms with Crippen LogP contribution >= 0.6 is 0 Å². The number of amides is 2. The highest BCUT2D eigenvalue weighted by atomic mass is 16.2. The van der Waals surface area contributed by atoms with E-state index in [2.05, 4.69) is 16.7 Å². The van der Waals surface area contributed by atoms with E-state index >= 15 is 0 Å². The Kier molecular flexibility index (Phi) is 4.23. The molecule has 2 heterocycles. The fourth-order valence-electron chi connectivity index (χ4n) is 2.90. The molecule has 5 nitrogen and oxygen atoms in total. The summed E-state index contributed by atoms with van der Waals surface area (Å²) in [7, 11) is 0. The summed E-state index contributed by atoms with van der Waals surface area (Å²) in [6.07, 6.45) is 2.16. The van der Waals surface area contributed by atoms with Crippen molar-refractivity contribution in [3.8, 4) is 0 Å². The van der Waals surface area contributed by atoms with Crippen LogP contribution in [0.1, 0.15) is 19.8 Å². The monoisotopic (exact) mass is 240 g/mol. The van der Waals surface area contributed by atoms with Crippen LogP contribution in [0.5, 0.6) is 0 Å². The fraction of sp³-hybridized carbons (Fsp3) is 0.917. The lowest BCUT2D eigenvalue weighted by molar-refractivity contribution is 0.0685. The van der Waals surface area contributed by atoms with Gasteiger partial charge in [0.2, 0.25) is 0 Å². The van der Waals surface area contributed by atoms with Gasteiger partial charge in [0, 0.05) is 45.3 Å². The van der Waals surface area contributed by atoms with E-state index in [1.54, 1.807) is 4.90 Å². The molecule has 0 radical (unpaired) electrons. The Morgan fingerprint density at radius 1 is 1.12 bits per heavy atom. The Labute approximate surface area is 104 Å². The molecule has 2 N–H and O–H groups in total. The van der Waals surface area contributed by atoms with Crippen molar-refractivity contribution in [1.29, 1.82) is 0 Å². The zero-order valence-corrected chi connectivity index (χ0v) is 10.8. The maximum atomic E-state index is 11.0. The van der Waals surface area contributed by atoms with Gasteiger partial charge in [0.05, 0.1) is 0 Å². The Morgan fingerprint density at radius 3 is 2.18 bits per heavy atom. The van der Waals surface area contributed by atoms with Crippen LogP contribution in [0, 0.1) is 0 Å². The molecule has 2 aliphatic rings. The van der Waals surface area contributed by atoms with E-state index in [-0.39, 0.29) is 6.03 Å². The second-order valence-corrected chi connectivity index (χ2v) is 5.03. The molecule has 2 aliphatic heterocycles. The highest BCUT2D eigenvalue weighted by molar-refractivity contribution is 5.72. The molecule has 0 saturated carbocycles. The van der Waals surface area contributed by atoms with Crippen molar-refractivity contribution < 1.29 is 4.79 Å². The summed E-state index contributed by atoms with van der Waals surface area (Å²) in [4.78, 5) is 17.9. The summed E-state index contributed by atoms with van der Waals surface area (Å²) in [5.74, 6) is 0. The molecule has 0 atom stereocenters. The van der Waals surface area contributed by atoms with Crippen LogP contribution in [0.2, 0.25) is 0 Å². The number of piperidine rings is 1. The molecule has 98 valence electrons.